The van der Waals surface area contributed by atoms with E-state index in [0.717, 1.165) is 0 Å². The van der Waals surface area contributed by atoms with Crippen molar-refractivity contribution in [3.8, 4) is 0 Å². The lowest BCUT2D eigenvalue weighted by atomic mass is 9.79. The van der Waals surface area contributed by atoms with Crippen LogP contribution in [0, 0.1) is 13.8 Å². The molecule has 0 spiro atoms. The van der Waals surface area contributed by atoms with Crippen molar-refractivity contribution in [2.75, 3.05) is 0 Å². The summed E-state index contributed by atoms with van der Waals surface area (Å²) in [5, 5.41) is 0. The molecule has 0 aliphatic heterocycles. The molecule has 1 aliphatic carbocycles. The van der Waals surface area contributed by atoms with E-state index in [0.29, 0.717) is 0 Å². The molecule has 0 atom stereocenters. The zero-order chi connectivity index (χ0) is 10.6. The minimum atomic E-state index is -0.0781. The van der Waals surface area contributed by atoms with Crippen LogP contribution < -0.4 is 5.73 Å². The maximum atomic E-state index is 6.29. The first-order valence-corrected chi connectivity index (χ1v) is 6.05. The third-order valence-corrected chi connectivity index (χ3v) is 4.51. The summed E-state index contributed by atoms with van der Waals surface area (Å²) in [7, 11) is 0. The van der Waals surface area contributed by atoms with Crippen LogP contribution in [0.25, 0.3) is 0 Å². The quantitative estimate of drug-likeness (QED) is 0.795. The zero-order valence-electron chi connectivity index (χ0n) is 9.48. The van der Waals surface area contributed by atoms with Crippen molar-refractivity contribution in [2.24, 2.45) is 5.73 Å². The standard InChI is InChI=1S/C12H19NS/c1-8-7-10(9(2)14-8)12(5-6-12)11(3,4)13/h7H,5-6,13H2,1-4H3. The van der Waals surface area contributed by atoms with Gasteiger partial charge in [0.25, 0.3) is 0 Å². The Balaban J connectivity index is 2.45. The van der Waals surface area contributed by atoms with Gasteiger partial charge in [-0.15, -0.1) is 11.3 Å². The number of rotatable bonds is 2. The lowest BCUT2D eigenvalue weighted by molar-refractivity contribution is 0.391. The van der Waals surface area contributed by atoms with Crippen LogP contribution in [0.15, 0.2) is 6.07 Å². The van der Waals surface area contributed by atoms with E-state index in [9.17, 15) is 0 Å². The lowest BCUT2D eigenvalue weighted by Crippen LogP contribution is -2.45. The predicted molar refractivity (Wildman–Crippen MR) is 63.0 cm³/mol. The second kappa shape index (κ2) is 2.83. The summed E-state index contributed by atoms with van der Waals surface area (Å²) in [5.74, 6) is 0. The van der Waals surface area contributed by atoms with Crippen LogP contribution >= 0.6 is 11.3 Å². The minimum Gasteiger partial charge on any atom is -0.325 e. The molecule has 78 valence electrons. The molecule has 1 aliphatic rings. The summed E-state index contributed by atoms with van der Waals surface area (Å²) in [6.45, 7) is 8.72. The van der Waals surface area contributed by atoms with Crippen LogP contribution in [0.4, 0.5) is 0 Å². The van der Waals surface area contributed by atoms with Gasteiger partial charge < -0.3 is 5.73 Å². The molecular weight excluding hydrogens is 190 g/mol. The monoisotopic (exact) mass is 209 g/mol. The van der Waals surface area contributed by atoms with Gasteiger partial charge in [-0.2, -0.15) is 0 Å². The highest BCUT2D eigenvalue weighted by Gasteiger charge is 2.54. The second-order valence-electron chi connectivity index (χ2n) is 5.13. The molecule has 0 radical (unpaired) electrons. The molecule has 2 rings (SSSR count). The van der Waals surface area contributed by atoms with Crippen molar-refractivity contribution < 1.29 is 0 Å². The lowest BCUT2D eigenvalue weighted by Gasteiger charge is -2.31. The molecule has 1 aromatic rings. The number of nitrogens with two attached hydrogens (primary N) is 1. The van der Waals surface area contributed by atoms with Crippen molar-refractivity contribution in [2.45, 2.75) is 51.5 Å². The predicted octanol–water partition coefficient (Wildman–Crippen LogP) is 3.13. The van der Waals surface area contributed by atoms with Gasteiger partial charge in [-0.25, -0.2) is 0 Å². The van der Waals surface area contributed by atoms with Crippen molar-refractivity contribution in [3.63, 3.8) is 0 Å². The molecule has 2 heteroatoms. The fourth-order valence-electron chi connectivity index (χ4n) is 2.49. The van der Waals surface area contributed by atoms with Gasteiger partial charge in [0.2, 0.25) is 0 Å². The molecule has 1 aromatic heterocycles. The van der Waals surface area contributed by atoms with E-state index >= 15 is 0 Å². The van der Waals surface area contributed by atoms with Crippen LogP contribution in [0.3, 0.4) is 0 Å². The average molecular weight is 209 g/mol. The highest BCUT2D eigenvalue weighted by molar-refractivity contribution is 7.12. The Bertz CT molecular complexity index is 353. The van der Waals surface area contributed by atoms with Crippen molar-refractivity contribution in [3.05, 3.63) is 21.4 Å². The molecule has 1 fully saturated rings. The summed E-state index contributed by atoms with van der Waals surface area (Å²) < 4.78 is 0. The topological polar surface area (TPSA) is 26.0 Å². The number of thiophene rings is 1. The Kier molecular flexibility index (Phi) is 2.06. The summed E-state index contributed by atoms with van der Waals surface area (Å²) >= 11 is 1.90. The molecule has 0 bridgehead atoms. The van der Waals surface area contributed by atoms with Gasteiger partial charge in [0.05, 0.1) is 0 Å². The third-order valence-electron chi connectivity index (χ3n) is 3.54. The van der Waals surface area contributed by atoms with Crippen molar-refractivity contribution >= 4 is 11.3 Å². The fourth-order valence-corrected chi connectivity index (χ4v) is 3.52. The van der Waals surface area contributed by atoms with Crippen LogP contribution in [0.1, 0.15) is 42.0 Å². The Hall–Kier alpha value is -0.340. The van der Waals surface area contributed by atoms with Crippen molar-refractivity contribution in [1.82, 2.24) is 0 Å². The Morgan fingerprint density at radius 3 is 2.21 bits per heavy atom. The second-order valence-corrected chi connectivity index (χ2v) is 6.59. The molecule has 0 saturated heterocycles. The molecule has 0 unspecified atom stereocenters. The zero-order valence-corrected chi connectivity index (χ0v) is 10.3. The summed E-state index contributed by atoms with van der Waals surface area (Å²) in [6.07, 6.45) is 2.51. The van der Waals surface area contributed by atoms with E-state index in [1.165, 1.54) is 28.2 Å². The molecule has 0 aromatic carbocycles. The largest absolute Gasteiger partial charge is 0.325 e. The van der Waals surface area contributed by atoms with Gasteiger partial charge in [0.1, 0.15) is 0 Å². The average Bonchev–Trinajstić information content (AvgIpc) is 2.73. The van der Waals surface area contributed by atoms with E-state index in [-0.39, 0.29) is 11.0 Å². The van der Waals surface area contributed by atoms with Crippen LogP contribution in [-0.2, 0) is 5.41 Å². The first-order valence-electron chi connectivity index (χ1n) is 5.23. The number of hydrogen-bond donors (Lipinski definition) is 1. The van der Waals surface area contributed by atoms with E-state index in [1.54, 1.807) is 0 Å². The minimum absolute atomic E-state index is 0.0781. The molecule has 1 nitrogen and oxygen atoms in total. The van der Waals surface area contributed by atoms with Gasteiger partial charge in [-0.05, 0) is 52.2 Å². The van der Waals surface area contributed by atoms with E-state index in [2.05, 4.69) is 33.8 Å². The van der Waals surface area contributed by atoms with E-state index in [4.69, 9.17) is 5.73 Å². The third kappa shape index (κ3) is 1.32. The summed E-state index contributed by atoms with van der Waals surface area (Å²) in [5.41, 5.74) is 8.00. The van der Waals surface area contributed by atoms with E-state index < -0.39 is 0 Å². The summed E-state index contributed by atoms with van der Waals surface area (Å²) in [6, 6.07) is 2.33. The highest BCUT2D eigenvalue weighted by Crippen LogP contribution is 2.56. The van der Waals surface area contributed by atoms with Gasteiger partial charge >= 0.3 is 0 Å². The highest BCUT2D eigenvalue weighted by atomic mass is 32.1. The first kappa shape index (κ1) is 10.2. The van der Waals surface area contributed by atoms with Crippen molar-refractivity contribution in [1.29, 1.82) is 0 Å². The molecule has 1 heterocycles. The fraction of sp³-hybridized carbons (Fsp3) is 0.667. The molecular formula is C12H19NS. The van der Waals surface area contributed by atoms with Gasteiger partial charge in [0.15, 0.2) is 0 Å². The number of hydrogen-bond acceptors (Lipinski definition) is 2. The normalized spacial score (nSPS) is 19.8. The van der Waals surface area contributed by atoms with Crippen LogP contribution in [0.5, 0.6) is 0 Å². The van der Waals surface area contributed by atoms with Gasteiger partial charge in [-0.1, -0.05) is 0 Å². The van der Waals surface area contributed by atoms with Gasteiger partial charge in [-0.3, -0.25) is 0 Å². The van der Waals surface area contributed by atoms with Crippen LogP contribution in [0.2, 0.25) is 0 Å². The summed E-state index contributed by atoms with van der Waals surface area (Å²) in [4.78, 5) is 2.87. The maximum Gasteiger partial charge on any atom is 0.0195 e. The van der Waals surface area contributed by atoms with Crippen LogP contribution in [-0.4, -0.2) is 5.54 Å². The Morgan fingerprint density at radius 1 is 1.36 bits per heavy atom. The molecule has 2 N–H and O–H groups in total. The Morgan fingerprint density at radius 2 is 1.93 bits per heavy atom. The smallest absolute Gasteiger partial charge is 0.0195 e. The number of aryl methyl sites for hydroxylation is 2. The molecule has 14 heavy (non-hydrogen) atoms. The van der Waals surface area contributed by atoms with Gasteiger partial charge in [0, 0.05) is 20.7 Å². The SMILES string of the molecule is Cc1cc(C2(C(C)(C)N)CC2)c(C)s1. The Labute approximate surface area is 90.3 Å². The van der Waals surface area contributed by atoms with E-state index in [1.807, 2.05) is 11.3 Å². The molecule has 1 saturated carbocycles. The maximum absolute atomic E-state index is 6.29. The molecule has 0 amide bonds. The first-order chi connectivity index (χ1) is 6.37.